The highest BCUT2D eigenvalue weighted by Gasteiger charge is 2.23. The number of nitrogens with one attached hydrogen (secondary N) is 3. The summed E-state index contributed by atoms with van der Waals surface area (Å²) in [6.07, 6.45) is 2.12. The van der Waals surface area contributed by atoms with Gasteiger partial charge in [-0.1, -0.05) is 13.0 Å². The van der Waals surface area contributed by atoms with E-state index in [0.717, 1.165) is 31.3 Å². The summed E-state index contributed by atoms with van der Waals surface area (Å²) in [7, 11) is -3.37. The molecule has 1 saturated heterocycles. The fourth-order valence-electron chi connectivity index (χ4n) is 2.51. The molecule has 2 rings (SSSR count). The fourth-order valence-corrected chi connectivity index (χ4v) is 3.13. The normalized spacial score (nSPS) is 22.1. The van der Waals surface area contributed by atoms with Gasteiger partial charge in [-0.15, -0.1) is 0 Å². The number of hydrogen-bond acceptors (Lipinski definition) is 4. The van der Waals surface area contributed by atoms with Crippen molar-refractivity contribution in [1.82, 2.24) is 10.6 Å². The Morgan fingerprint density at radius 3 is 2.73 bits per heavy atom. The summed E-state index contributed by atoms with van der Waals surface area (Å²) in [4.78, 5) is 12.4. The van der Waals surface area contributed by atoms with Gasteiger partial charge in [0.05, 0.1) is 11.9 Å². The van der Waals surface area contributed by atoms with Crippen molar-refractivity contribution in [1.29, 1.82) is 0 Å². The smallest absolute Gasteiger partial charge is 0.251 e. The Balaban J connectivity index is 2.14. The molecule has 22 heavy (non-hydrogen) atoms. The molecule has 0 spiro atoms. The molecule has 1 amide bonds. The molecule has 0 aliphatic carbocycles. The van der Waals surface area contributed by atoms with Crippen LogP contribution in [0.1, 0.15) is 29.3 Å². The lowest BCUT2D eigenvalue weighted by Gasteiger charge is -2.30. The van der Waals surface area contributed by atoms with Gasteiger partial charge in [-0.2, -0.15) is 0 Å². The van der Waals surface area contributed by atoms with Crippen molar-refractivity contribution in [2.24, 2.45) is 5.92 Å². The summed E-state index contributed by atoms with van der Waals surface area (Å²) in [5, 5.41) is 6.28. The highest BCUT2D eigenvalue weighted by atomic mass is 32.2. The van der Waals surface area contributed by atoms with Gasteiger partial charge >= 0.3 is 0 Å². The SMILES string of the molecule is Cc1ccc(C(=O)NC2CNCCC2C)cc1NS(C)(=O)=O. The standard InChI is InChI=1S/C15H23N3O3S/c1-10-4-5-12(8-13(10)18-22(3,20)21)15(19)17-14-9-16-7-6-11(14)2/h4-5,8,11,14,16,18H,6-7,9H2,1-3H3,(H,17,19). The summed E-state index contributed by atoms with van der Waals surface area (Å²) in [6, 6.07) is 5.12. The highest BCUT2D eigenvalue weighted by Crippen LogP contribution is 2.19. The van der Waals surface area contributed by atoms with Crippen LogP contribution in [-0.4, -0.2) is 39.7 Å². The Morgan fingerprint density at radius 2 is 2.09 bits per heavy atom. The van der Waals surface area contributed by atoms with Gasteiger partial charge in [-0.25, -0.2) is 8.42 Å². The molecule has 0 saturated carbocycles. The van der Waals surface area contributed by atoms with Crippen LogP contribution >= 0.6 is 0 Å². The molecule has 0 radical (unpaired) electrons. The molecule has 1 aromatic rings. The second kappa shape index (κ2) is 6.66. The van der Waals surface area contributed by atoms with Gasteiger partial charge in [0.2, 0.25) is 10.0 Å². The number of anilines is 1. The number of carbonyl (C=O) groups is 1. The lowest BCUT2D eigenvalue weighted by Crippen LogP contribution is -2.50. The molecule has 1 aromatic carbocycles. The number of sulfonamides is 1. The van der Waals surface area contributed by atoms with Crippen molar-refractivity contribution in [3.63, 3.8) is 0 Å². The number of amides is 1. The molecule has 0 aromatic heterocycles. The van der Waals surface area contributed by atoms with E-state index >= 15 is 0 Å². The molecular weight excluding hydrogens is 302 g/mol. The first-order valence-corrected chi connectivity index (χ1v) is 9.25. The summed E-state index contributed by atoms with van der Waals surface area (Å²) >= 11 is 0. The second-order valence-electron chi connectivity index (χ2n) is 5.95. The first kappa shape index (κ1) is 16.8. The zero-order valence-corrected chi connectivity index (χ0v) is 14.0. The highest BCUT2D eigenvalue weighted by molar-refractivity contribution is 7.92. The van der Waals surface area contributed by atoms with Crippen LogP contribution in [0.3, 0.4) is 0 Å². The van der Waals surface area contributed by atoms with E-state index in [4.69, 9.17) is 0 Å². The lowest BCUT2D eigenvalue weighted by molar-refractivity contribution is 0.0915. The van der Waals surface area contributed by atoms with Crippen LogP contribution in [0.15, 0.2) is 18.2 Å². The van der Waals surface area contributed by atoms with Gasteiger partial charge in [0.15, 0.2) is 0 Å². The molecule has 6 nitrogen and oxygen atoms in total. The van der Waals surface area contributed by atoms with E-state index in [2.05, 4.69) is 22.3 Å². The number of hydrogen-bond donors (Lipinski definition) is 3. The van der Waals surface area contributed by atoms with E-state index in [1.807, 2.05) is 0 Å². The third-order valence-corrected chi connectivity index (χ3v) is 4.53. The van der Waals surface area contributed by atoms with E-state index in [0.29, 0.717) is 17.2 Å². The molecule has 1 aliphatic rings. The van der Waals surface area contributed by atoms with Crippen LogP contribution in [0.5, 0.6) is 0 Å². The average molecular weight is 325 g/mol. The summed E-state index contributed by atoms with van der Waals surface area (Å²) in [6.45, 7) is 5.65. The predicted octanol–water partition coefficient (Wildman–Crippen LogP) is 1.09. The van der Waals surface area contributed by atoms with Gasteiger partial charge in [0.25, 0.3) is 5.91 Å². The fraction of sp³-hybridized carbons (Fsp3) is 0.533. The summed E-state index contributed by atoms with van der Waals surface area (Å²) in [5.41, 5.74) is 1.66. The van der Waals surface area contributed by atoms with Crippen molar-refractivity contribution in [3.05, 3.63) is 29.3 Å². The van der Waals surface area contributed by atoms with Crippen LogP contribution in [0.25, 0.3) is 0 Å². The van der Waals surface area contributed by atoms with Crippen molar-refractivity contribution in [2.45, 2.75) is 26.3 Å². The van der Waals surface area contributed by atoms with Gasteiger partial charge in [0, 0.05) is 18.2 Å². The van der Waals surface area contributed by atoms with Crippen LogP contribution in [-0.2, 0) is 10.0 Å². The third kappa shape index (κ3) is 4.45. The second-order valence-corrected chi connectivity index (χ2v) is 7.70. The van der Waals surface area contributed by atoms with Crippen molar-refractivity contribution < 1.29 is 13.2 Å². The van der Waals surface area contributed by atoms with E-state index in [-0.39, 0.29) is 11.9 Å². The number of piperidine rings is 1. The molecule has 2 atom stereocenters. The third-order valence-electron chi connectivity index (χ3n) is 3.94. The van der Waals surface area contributed by atoms with Gasteiger partial charge in [0.1, 0.15) is 0 Å². The molecule has 7 heteroatoms. The first-order chi connectivity index (χ1) is 10.3. The monoisotopic (exact) mass is 325 g/mol. The zero-order valence-electron chi connectivity index (χ0n) is 13.1. The van der Waals surface area contributed by atoms with Crippen LogP contribution in [0, 0.1) is 12.8 Å². The van der Waals surface area contributed by atoms with Crippen molar-refractivity contribution in [3.8, 4) is 0 Å². The Bertz CT molecular complexity index is 658. The van der Waals surface area contributed by atoms with Gasteiger partial charge < -0.3 is 10.6 Å². The Hall–Kier alpha value is -1.60. The maximum Gasteiger partial charge on any atom is 0.251 e. The molecule has 0 bridgehead atoms. The van der Waals surface area contributed by atoms with Crippen molar-refractivity contribution in [2.75, 3.05) is 24.1 Å². The minimum atomic E-state index is -3.37. The lowest BCUT2D eigenvalue weighted by atomic mass is 9.94. The van der Waals surface area contributed by atoms with E-state index < -0.39 is 10.0 Å². The van der Waals surface area contributed by atoms with Crippen molar-refractivity contribution >= 4 is 21.6 Å². The largest absolute Gasteiger partial charge is 0.348 e. The van der Waals surface area contributed by atoms with Crippen LogP contribution in [0.4, 0.5) is 5.69 Å². The average Bonchev–Trinajstić information content (AvgIpc) is 2.42. The Labute approximate surface area is 131 Å². The molecule has 3 N–H and O–H groups in total. The predicted molar refractivity (Wildman–Crippen MR) is 87.6 cm³/mol. The number of carbonyl (C=O) groups excluding carboxylic acids is 1. The minimum absolute atomic E-state index is 0.0915. The van der Waals surface area contributed by atoms with Crippen LogP contribution < -0.4 is 15.4 Å². The molecular formula is C15H23N3O3S. The number of benzene rings is 1. The minimum Gasteiger partial charge on any atom is -0.348 e. The summed E-state index contributed by atoms with van der Waals surface area (Å²) in [5.74, 6) is 0.237. The summed E-state index contributed by atoms with van der Waals surface area (Å²) < 4.78 is 25.2. The number of aryl methyl sites for hydroxylation is 1. The van der Waals surface area contributed by atoms with Gasteiger partial charge in [-0.3, -0.25) is 9.52 Å². The maximum absolute atomic E-state index is 12.4. The topological polar surface area (TPSA) is 87.3 Å². The zero-order chi connectivity index (χ0) is 16.3. The van der Waals surface area contributed by atoms with E-state index in [1.54, 1.807) is 25.1 Å². The molecule has 1 aliphatic heterocycles. The Kier molecular flexibility index (Phi) is 5.08. The molecule has 1 heterocycles. The quantitative estimate of drug-likeness (QED) is 0.773. The van der Waals surface area contributed by atoms with Crippen LogP contribution in [0.2, 0.25) is 0 Å². The molecule has 1 fully saturated rings. The van der Waals surface area contributed by atoms with E-state index in [1.165, 1.54) is 0 Å². The van der Waals surface area contributed by atoms with E-state index in [9.17, 15) is 13.2 Å². The maximum atomic E-state index is 12.4. The number of rotatable bonds is 4. The first-order valence-electron chi connectivity index (χ1n) is 7.36. The Morgan fingerprint density at radius 1 is 1.36 bits per heavy atom. The van der Waals surface area contributed by atoms with Gasteiger partial charge in [-0.05, 0) is 43.5 Å². The molecule has 2 unspecified atom stereocenters. The molecule has 122 valence electrons.